The highest BCUT2D eigenvalue weighted by atomic mass is 15.3. The summed E-state index contributed by atoms with van der Waals surface area (Å²) in [7, 11) is 4.25. The predicted octanol–water partition coefficient (Wildman–Crippen LogP) is 1.72. The lowest BCUT2D eigenvalue weighted by molar-refractivity contribution is 0.367. The monoisotopic (exact) mass is 184 g/mol. The van der Waals surface area contributed by atoms with Crippen molar-refractivity contribution in [2.75, 3.05) is 27.2 Å². The topological polar surface area (TPSA) is 15.0 Å². The molecule has 0 spiro atoms. The van der Waals surface area contributed by atoms with Crippen LogP contribution in [-0.2, 0) is 0 Å². The Balaban J connectivity index is 2.08. The summed E-state index contributed by atoms with van der Waals surface area (Å²) in [5.41, 5.74) is 0.541. The summed E-state index contributed by atoms with van der Waals surface area (Å²) in [6.45, 7) is 7.22. The molecule has 2 heteroatoms. The Kier molecular flexibility index (Phi) is 3.74. The Morgan fingerprint density at radius 3 is 2.62 bits per heavy atom. The maximum atomic E-state index is 3.20. The second-order valence-electron chi connectivity index (χ2n) is 4.91. The highest BCUT2D eigenvalue weighted by molar-refractivity contribution is 5.01. The zero-order valence-electron chi connectivity index (χ0n) is 9.56. The fourth-order valence-electron chi connectivity index (χ4n) is 2.18. The van der Waals surface area contributed by atoms with Crippen LogP contribution in [0.1, 0.15) is 33.1 Å². The van der Waals surface area contributed by atoms with Gasteiger partial charge in [0.25, 0.3) is 0 Å². The van der Waals surface area contributed by atoms with Crippen LogP contribution < -0.4 is 5.32 Å². The van der Waals surface area contributed by atoms with Gasteiger partial charge in [-0.3, -0.25) is 4.90 Å². The average Bonchev–Trinajstić information content (AvgIpc) is 2.59. The molecule has 0 radical (unpaired) electrons. The normalized spacial score (nSPS) is 34.6. The highest BCUT2D eigenvalue weighted by Gasteiger charge is 2.44. The molecule has 13 heavy (non-hydrogen) atoms. The third kappa shape index (κ3) is 3.28. The van der Waals surface area contributed by atoms with Crippen LogP contribution in [0.2, 0.25) is 0 Å². The van der Waals surface area contributed by atoms with E-state index in [1.54, 1.807) is 0 Å². The van der Waals surface area contributed by atoms with Crippen LogP contribution in [0.3, 0.4) is 0 Å². The first-order valence-corrected chi connectivity index (χ1v) is 5.44. The van der Waals surface area contributed by atoms with E-state index < -0.39 is 0 Å². The minimum absolute atomic E-state index is 0.541. The van der Waals surface area contributed by atoms with E-state index in [0.29, 0.717) is 5.54 Å². The molecule has 0 bridgehead atoms. The molecule has 2 unspecified atom stereocenters. The van der Waals surface area contributed by atoms with Gasteiger partial charge in [-0.2, -0.15) is 0 Å². The van der Waals surface area contributed by atoms with Crippen LogP contribution in [0.5, 0.6) is 0 Å². The minimum atomic E-state index is 0.541. The van der Waals surface area contributed by atoms with Gasteiger partial charge in [0.2, 0.25) is 0 Å². The lowest BCUT2D eigenvalue weighted by atomic mass is 9.93. The Bertz CT molecular complexity index is 158. The van der Waals surface area contributed by atoms with Gasteiger partial charge in [0.1, 0.15) is 0 Å². The number of hydrogen-bond acceptors (Lipinski definition) is 2. The van der Waals surface area contributed by atoms with Crippen molar-refractivity contribution in [3.05, 3.63) is 0 Å². The molecular formula is C11H24N2. The molecule has 0 aromatic heterocycles. The third-order valence-corrected chi connectivity index (χ3v) is 3.31. The van der Waals surface area contributed by atoms with Gasteiger partial charge in [-0.15, -0.1) is 0 Å². The summed E-state index contributed by atoms with van der Waals surface area (Å²) in [6.07, 6.45) is 4.05. The number of nitrogens with one attached hydrogen (secondary N) is 1. The molecule has 0 saturated carbocycles. The minimum Gasteiger partial charge on any atom is -0.320 e. The molecule has 1 rings (SSSR count). The van der Waals surface area contributed by atoms with Crippen molar-refractivity contribution < 1.29 is 0 Å². The van der Waals surface area contributed by atoms with E-state index in [1.807, 2.05) is 7.05 Å². The summed E-state index contributed by atoms with van der Waals surface area (Å²) in [5, 5.41) is 3.20. The van der Waals surface area contributed by atoms with Crippen molar-refractivity contribution in [2.45, 2.75) is 38.6 Å². The van der Waals surface area contributed by atoms with Crippen LogP contribution >= 0.6 is 0 Å². The van der Waals surface area contributed by atoms with Crippen LogP contribution in [0.25, 0.3) is 0 Å². The molecule has 0 aromatic carbocycles. The van der Waals surface area contributed by atoms with Crippen LogP contribution in [-0.4, -0.2) is 37.6 Å². The van der Waals surface area contributed by atoms with Gasteiger partial charge in [-0.05, 0) is 52.7 Å². The fourth-order valence-corrected chi connectivity index (χ4v) is 2.18. The lowest BCUT2D eigenvalue weighted by Gasteiger charge is -2.16. The number of nitrogens with zero attached hydrogens (tertiary/aromatic N) is 1. The molecule has 1 aliphatic heterocycles. The lowest BCUT2D eigenvalue weighted by Crippen LogP contribution is -2.17. The van der Waals surface area contributed by atoms with E-state index in [9.17, 15) is 0 Å². The van der Waals surface area contributed by atoms with E-state index >= 15 is 0 Å². The summed E-state index contributed by atoms with van der Waals surface area (Å²) in [4.78, 5) is 2.45. The Morgan fingerprint density at radius 2 is 2.15 bits per heavy atom. The molecule has 1 saturated heterocycles. The third-order valence-electron chi connectivity index (χ3n) is 3.31. The van der Waals surface area contributed by atoms with Crippen LogP contribution in [0.4, 0.5) is 0 Å². The first-order valence-electron chi connectivity index (χ1n) is 5.44. The van der Waals surface area contributed by atoms with Crippen molar-refractivity contribution in [1.29, 1.82) is 0 Å². The maximum Gasteiger partial charge on any atom is 0.0308 e. The molecule has 1 fully saturated rings. The number of rotatable bonds is 6. The molecule has 0 aromatic rings. The molecule has 1 aliphatic rings. The van der Waals surface area contributed by atoms with Crippen molar-refractivity contribution >= 4 is 0 Å². The summed E-state index contributed by atoms with van der Waals surface area (Å²) >= 11 is 0. The van der Waals surface area contributed by atoms with Crippen molar-refractivity contribution in [3.8, 4) is 0 Å². The first-order chi connectivity index (χ1) is 6.08. The second kappa shape index (κ2) is 4.43. The van der Waals surface area contributed by atoms with E-state index in [1.165, 1.54) is 25.8 Å². The molecule has 78 valence electrons. The van der Waals surface area contributed by atoms with Gasteiger partial charge >= 0.3 is 0 Å². The van der Waals surface area contributed by atoms with Crippen molar-refractivity contribution in [1.82, 2.24) is 10.2 Å². The molecule has 0 amide bonds. The predicted molar refractivity (Wildman–Crippen MR) is 58.0 cm³/mol. The molecule has 0 aliphatic carbocycles. The smallest absolute Gasteiger partial charge is 0.0308 e. The first kappa shape index (κ1) is 11.0. The number of hydrogen-bond donors (Lipinski definition) is 1. The largest absolute Gasteiger partial charge is 0.320 e. The molecule has 1 N–H and O–H groups in total. The van der Waals surface area contributed by atoms with Gasteiger partial charge in [-0.25, -0.2) is 0 Å². The Morgan fingerprint density at radius 1 is 1.54 bits per heavy atom. The summed E-state index contributed by atoms with van der Waals surface area (Å²) < 4.78 is 0. The van der Waals surface area contributed by atoms with Crippen molar-refractivity contribution in [2.24, 2.45) is 5.92 Å². The average molecular weight is 184 g/mol. The molecular weight excluding hydrogens is 160 g/mol. The van der Waals surface area contributed by atoms with Crippen LogP contribution in [0, 0.1) is 5.92 Å². The fraction of sp³-hybridized carbons (Fsp3) is 1.00. The van der Waals surface area contributed by atoms with E-state index in [0.717, 1.165) is 12.5 Å². The molecule has 2 nitrogen and oxygen atoms in total. The Labute approximate surface area is 82.7 Å². The van der Waals surface area contributed by atoms with E-state index in [4.69, 9.17) is 0 Å². The number of likely N-dealkylation sites (N-methyl/N-ethyl adjacent to an activating group) is 1. The highest BCUT2D eigenvalue weighted by Crippen LogP contribution is 2.36. The van der Waals surface area contributed by atoms with Crippen molar-refractivity contribution in [3.63, 3.8) is 0 Å². The van der Waals surface area contributed by atoms with Gasteiger partial charge < -0.3 is 5.32 Å². The zero-order chi connectivity index (χ0) is 9.90. The van der Waals surface area contributed by atoms with Gasteiger partial charge in [0.15, 0.2) is 0 Å². The van der Waals surface area contributed by atoms with Crippen LogP contribution in [0.15, 0.2) is 0 Å². The zero-order valence-corrected chi connectivity index (χ0v) is 9.56. The standard InChI is InChI=1S/C11H24N2/c1-10(6-5-7-12-3)8-11(2)9-13(11)4/h10,12H,5-9H2,1-4H3/t10-,11?,13?/m0/s1. The van der Waals surface area contributed by atoms with Gasteiger partial charge in [0.05, 0.1) is 0 Å². The summed E-state index contributed by atoms with van der Waals surface area (Å²) in [5.74, 6) is 0.878. The van der Waals surface area contributed by atoms with Gasteiger partial charge in [-0.1, -0.05) is 6.92 Å². The Hall–Kier alpha value is -0.0800. The second-order valence-corrected chi connectivity index (χ2v) is 4.91. The molecule has 1 heterocycles. The quantitative estimate of drug-likeness (QED) is 0.499. The van der Waals surface area contributed by atoms with E-state index in [2.05, 4.69) is 31.1 Å². The maximum absolute atomic E-state index is 3.20. The SMILES string of the molecule is CNCCC[C@H](C)CC1(C)CN1C. The van der Waals surface area contributed by atoms with Gasteiger partial charge in [0, 0.05) is 12.1 Å². The van der Waals surface area contributed by atoms with E-state index in [-0.39, 0.29) is 0 Å². The molecule has 3 atom stereocenters. The summed E-state index contributed by atoms with van der Waals surface area (Å²) in [6, 6.07) is 0.